The van der Waals surface area contributed by atoms with Crippen molar-refractivity contribution in [2.45, 2.75) is 65.8 Å². The van der Waals surface area contributed by atoms with Gasteiger partial charge in [0.25, 0.3) is 0 Å². The Labute approximate surface area is 132 Å². The molecule has 118 valence electrons. The molecule has 0 aromatic heterocycles. The Kier molecular flexibility index (Phi) is 4.98. The van der Waals surface area contributed by atoms with Crippen LogP contribution in [-0.4, -0.2) is 11.9 Å². The summed E-state index contributed by atoms with van der Waals surface area (Å²) in [5, 5.41) is 0. The van der Waals surface area contributed by atoms with Crippen LogP contribution in [0.2, 0.25) is 0 Å². The minimum Gasteiger partial charge on any atom is -0.372 e. The lowest BCUT2D eigenvalue weighted by Gasteiger charge is -2.43. The molecule has 0 radical (unpaired) electrons. The fraction of sp³-hybridized carbons (Fsp3) is 0.600. The average Bonchev–Trinajstić information content (AvgIpc) is 2.46. The molecule has 1 aromatic carbocycles. The van der Waals surface area contributed by atoms with Gasteiger partial charge in [-0.3, -0.25) is 0 Å². The van der Waals surface area contributed by atoms with Crippen LogP contribution in [-0.2, 0) is 11.0 Å². The van der Waals surface area contributed by atoms with Crippen molar-refractivity contribution in [3.05, 3.63) is 48.2 Å². The Hall–Kier alpha value is -1.24. The summed E-state index contributed by atoms with van der Waals surface area (Å²) in [6.07, 6.45) is 3.06. The lowest BCUT2D eigenvalue weighted by atomic mass is 9.62. The van der Waals surface area contributed by atoms with Crippen molar-refractivity contribution in [3.8, 4) is 0 Å². The Balaban J connectivity index is 3.33. The summed E-state index contributed by atoms with van der Waals surface area (Å²) in [6, 6.07) is 9.05. The van der Waals surface area contributed by atoms with Gasteiger partial charge in [-0.15, -0.1) is 0 Å². The molecular weight excluding hydrogens is 254 g/mol. The molecule has 0 atom stereocenters. The van der Waals surface area contributed by atoms with Crippen LogP contribution in [0.5, 0.6) is 0 Å². The summed E-state index contributed by atoms with van der Waals surface area (Å²) < 4.78 is 0. The third kappa shape index (κ3) is 3.17. The summed E-state index contributed by atoms with van der Waals surface area (Å²) in [7, 11) is 2.08. The predicted molar refractivity (Wildman–Crippen MR) is 94.5 cm³/mol. The van der Waals surface area contributed by atoms with E-state index in [-0.39, 0.29) is 16.4 Å². The normalized spacial score (nSPS) is 13.1. The fourth-order valence-electron chi connectivity index (χ4n) is 2.55. The van der Waals surface area contributed by atoms with E-state index in [0.717, 1.165) is 0 Å². The number of nitrogens with zero attached hydrogens (tertiary/aromatic N) is 1. The number of hydrogen-bond donors (Lipinski definition) is 0. The van der Waals surface area contributed by atoms with Crippen molar-refractivity contribution in [1.29, 1.82) is 0 Å². The molecule has 1 nitrogen and oxygen atoms in total. The smallest absolute Gasteiger partial charge is 0.0588 e. The second-order valence-electron chi connectivity index (χ2n) is 7.80. The van der Waals surface area contributed by atoms with Gasteiger partial charge in [-0.1, -0.05) is 71.9 Å². The second kappa shape index (κ2) is 5.87. The minimum atomic E-state index is -0.0514. The molecule has 0 fully saturated rings. The SMILES string of the molecule is C=CN(C)C(C)(C)c1cccc(C(C)(C)C(C)(C)CC)c1. The monoisotopic (exact) mass is 287 g/mol. The van der Waals surface area contributed by atoms with E-state index in [9.17, 15) is 0 Å². The lowest BCUT2D eigenvalue weighted by Crippen LogP contribution is -2.37. The average molecular weight is 287 g/mol. The maximum Gasteiger partial charge on any atom is 0.0588 e. The molecule has 0 N–H and O–H groups in total. The molecule has 0 aliphatic carbocycles. The molecule has 1 rings (SSSR count). The van der Waals surface area contributed by atoms with E-state index in [1.54, 1.807) is 0 Å². The molecule has 1 aromatic rings. The van der Waals surface area contributed by atoms with E-state index >= 15 is 0 Å². The first-order valence-corrected chi connectivity index (χ1v) is 7.97. The van der Waals surface area contributed by atoms with Crippen molar-refractivity contribution in [1.82, 2.24) is 4.90 Å². The highest BCUT2D eigenvalue weighted by molar-refractivity contribution is 5.34. The van der Waals surface area contributed by atoms with Crippen LogP contribution in [0.15, 0.2) is 37.0 Å². The molecule has 0 spiro atoms. The summed E-state index contributed by atoms with van der Waals surface area (Å²) >= 11 is 0. The van der Waals surface area contributed by atoms with Crippen molar-refractivity contribution in [2.75, 3.05) is 7.05 Å². The van der Waals surface area contributed by atoms with Gasteiger partial charge in [0.2, 0.25) is 0 Å². The molecule has 0 saturated heterocycles. The number of benzene rings is 1. The summed E-state index contributed by atoms with van der Waals surface area (Å²) in [6.45, 7) is 20.1. The maximum atomic E-state index is 3.90. The van der Waals surface area contributed by atoms with Gasteiger partial charge < -0.3 is 4.90 Å². The van der Waals surface area contributed by atoms with Crippen LogP contribution >= 0.6 is 0 Å². The highest BCUT2D eigenvalue weighted by Crippen LogP contribution is 2.44. The molecule has 0 aliphatic rings. The summed E-state index contributed by atoms with van der Waals surface area (Å²) in [4.78, 5) is 2.17. The molecule has 0 aliphatic heterocycles. The highest BCUT2D eigenvalue weighted by Gasteiger charge is 2.37. The molecule has 0 amide bonds. The summed E-state index contributed by atoms with van der Waals surface area (Å²) in [5.74, 6) is 0. The van der Waals surface area contributed by atoms with E-state index in [1.165, 1.54) is 17.5 Å². The predicted octanol–water partition coefficient (Wildman–Crippen LogP) is 5.71. The molecule has 0 bridgehead atoms. The number of rotatable bonds is 6. The maximum absolute atomic E-state index is 3.90. The van der Waals surface area contributed by atoms with Gasteiger partial charge in [-0.05, 0) is 42.0 Å². The molecule has 0 heterocycles. The Morgan fingerprint density at radius 1 is 1.05 bits per heavy atom. The summed E-state index contributed by atoms with van der Waals surface area (Å²) in [5.41, 5.74) is 3.10. The standard InChI is InChI=1S/C20H33N/c1-10-18(3,4)19(5,6)16-13-12-14-17(15-16)20(7,8)21(9)11-2/h11-15H,2,10H2,1,3-9H3. The van der Waals surface area contributed by atoms with Crippen LogP contribution in [0.3, 0.4) is 0 Å². The third-order valence-electron chi connectivity index (χ3n) is 6.02. The van der Waals surface area contributed by atoms with Crippen molar-refractivity contribution in [3.63, 3.8) is 0 Å². The van der Waals surface area contributed by atoms with Crippen LogP contribution in [0.4, 0.5) is 0 Å². The molecule has 21 heavy (non-hydrogen) atoms. The third-order valence-corrected chi connectivity index (χ3v) is 6.02. The van der Waals surface area contributed by atoms with Gasteiger partial charge in [0.05, 0.1) is 5.54 Å². The number of hydrogen-bond acceptors (Lipinski definition) is 1. The Morgan fingerprint density at radius 3 is 2.05 bits per heavy atom. The highest BCUT2D eigenvalue weighted by atomic mass is 15.1. The molecule has 0 saturated carbocycles. The zero-order valence-corrected chi connectivity index (χ0v) is 15.2. The van der Waals surface area contributed by atoms with Crippen LogP contribution in [0.1, 0.15) is 66.0 Å². The molecule has 1 heteroatoms. The van der Waals surface area contributed by atoms with Crippen molar-refractivity contribution < 1.29 is 0 Å². The molecule has 0 unspecified atom stereocenters. The zero-order valence-electron chi connectivity index (χ0n) is 15.2. The van der Waals surface area contributed by atoms with Gasteiger partial charge in [-0.2, -0.15) is 0 Å². The first-order valence-electron chi connectivity index (χ1n) is 7.97. The van der Waals surface area contributed by atoms with Crippen LogP contribution in [0.25, 0.3) is 0 Å². The molecular formula is C20H33N. The Bertz CT molecular complexity index is 494. The topological polar surface area (TPSA) is 3.24 Å². The second-order valence-corrected chi connectivity index (χ2v) is 7.80. The van der Waals surface area contributed by atoms with Gasteiger partial charge in [-0.25, -0.2) is 0 Å². The van der Waals surface area contributed by atoms with Gasteiger partial charge in [0.1, 0.15) is 0 Å². The quantitative estimate of drug-likeness (QED) is 0.647. The van der Waals surface area contributed by atoms with E-state index in [2.05, 4.69) is 91.3 Å². The van der Waals surface area contributed by atoms with Crippen molar-refractivity contribution >= 4 is 0 Å². The largest absolute Gasteiger partial charge is 0.372 e. The fourth-order valence-corrected chi connectivity index (χ4v) is 2.55. The van der Waals surface area contributed by atoms with E-state index in [0.29, 0.717) is 0 Å². The first-order chi connectivity index (χ1) is 9.50. The van der Waals surface area contributed by atoms with E-state index in [4.69, 9.17) is 0 Å². The minimum absolute atomic E-state index is 0.0514. The van der Waals surface area contributed by atoms with Gasteiger partial charge >= 0.3 is 0 Å². The first kappa shape index (κ1) is 17.8. The van der Waals surface area contributed by atoms with Crippen molar-refractivity contribution in [2.24, 2.45) is 5.41 Å². The Morgan fingerprint density at radius 2 is 1.57 bits per heavy atom. The zero-order chi connectivity index (χ0) is 16.5. The van der Waals surface area contributed by atoms with Crippen LogP contribution in [0, 0.1) is 5.41 Å². The van der Waals surface area contributed by atoms with Gasteiger partial charge in [0.15, 0.2) is 0 Å². The van der Waals surface area contributed by atoms with E-state index < -0.39 is 0 Å². The van der Waals surface area contributed by atoms with Crippen LogP contribution < -0.4 is 0 Å². The lowest BCUT2D eigenvalue weighted by molar-refractivity contribution is 0.187. The van der Waals surface area contributed by atoms with Gasteiger partial charge in [0, 0.05) is 7.05 Å². The van der Waals surface area contributed by atoms with E-state index in [1.807, 2.05) is 6.20 Å².